The molecule has 0 aliphatic heterocycles. The highest BCUT2D eigenvalue weighted by atomic mass is 14.2. The molecule has 2 aromatic rings. The monoisotopic (exact) mass is 296 g/mol. The van der Waals surface area contributed by atoms with Crippen LogP contribution < -0.4 is 10.4 Å². The van der Waals surface area contributed by atoms with E-state index in [1.807, 2.05) is 6.08 Å². The number of allylic oxidation sites excluding steroid dienone is 5. The highest BCUT2D eigenvalue weighted by Gasteiger charge is 2.12. The van der Waals surface area contributed by atoms with Gasteiger partial charge in [0.2, 0.25) is 0 Å². The van der Waals surface area contributed by atoms with Gasteiger partial charge in [-0.15, -0.1) is 6.58 Å². The lowest BCUT2D eigenvalue weighted by Crippen LogP contribution is -2.20. The van der Waals surface area contributed by atoms with E-state index in [9.17, 15) is 0 Å². The lowest BCUT2D eigenvalue weighted by Gasteiger charge is -2.02. The molecule has 0 nitrogen and oxygen atoms in total. The molecule has 2 aromatic carbocycles. The van der Waals surface area contributed by atoms with Gasteiger partial charge in [0.15, 0.2) is 0 Å². The second-order valence-electron chi connectivity index (χ2n) is 6.26. The van der Waals surface area contributed by atoms with Crippen LogP contribution >= 0.6 is 0 Å². The van der Waals surface area contributed by atoms with Crippen molar-refractivity contribution in [3.8, 4) is 0 Å². The van der Waals surface area contributed by atoms with Crippen LogP contribution in [-0.4, -0.2) is 0 Å². The molecule has 0 heteroatoms. The van der Waals surface area contributed by atoms with E-state index >= 15 is 0 Å². The fraction of sp³-hybridized carbons (Fsp3) is 0.130. The average molecular weight is 296 g/mol. The first-order valence-electron chi connectivity index (χ1n) is 8.25. The normalized spacial score (nSPS) is 18.5. The van der Waals surface area contributed by atoms with Gasteiger partial charge in [-0.3, -0.25) is 0 Å². The standard InChI is InChI=1S/C23H20/c1-2-6-17-13-19-9-11-22(16-23(19)14-17)21-12-10-20(15-21)18-7-4-3-5-8-18/h2-5,7-11,13-17H,1,6,12H2. The number of hydrogen-bond acceptors (Lipinski definition) is 0. The Balaban J connectivity index is 1.65. The fourth-order valence-electron chi connectivity index (χ4n) is 3.47. The van der Waals surface area contributed by atoms with Crippen molar-refractivity contribution < 1.29 is 0 Å². The lowest BCUT2D eigenvalue weighted by atomic mass is 10.0. The van der Waals surface area contributed by atoms with E-state index in [0.717, 1.165) is 12.8 Å². The molecule has 0 radical (unpaired) electrons. The molecule has 0 bridgehead atoms. The van der Waals surface area contributed by atoms with Crippen molar-refractivity contribution in [1.82, 2.24) is 0 Å². The molecule has 2 aliphatic carbocycles. The maximum atomic E-state index is 3.85. The van der Waals surface area contributed by atoms with Crippen LogP contribution in [0.5, 0.6) is 0 Å². The number of rotatable bonds is 4. The third-order valence-electron chi connectivity index (χ3n) is 4.66. The first-order chi connectivity index (χ1) is 11.3. The summed E-state index contributed by atoms with van der Waals surface area (Å²) >= 11 is 0. The molecule has 2 aliphatic rings. The van der Waals surface area contributed by atoms with E-state index in [0.29, 0.717) is 5.92 Å². The number of fused-ring (bicyclic) bond motifs is 1. The summed E-state index contributed by atoms with van der Waals surface area (Å²) in [5.41, 5.74) is 5.39. The van der Waals surface area contributed by atoms with Crippen molar-refractivity contribution in [2.45, 2.75) is 12.8 Å². The molecule has 0 heterocycles. The van der Waals surface area contributed by atoms with Gasteiger partial charge >= 0.3 is 0 Å². The Morgan fingerprint density at radius 2 is 1.78 bits per heavy atom. The summed E-state index contributed by atoms with van der Waals surface area (Å²) in [7, 11) is 0. The van der Waals surface area contributed by atoms with Crippen molar-refractivity contribution in [2.24, 2.45) is 5.92 Å². The van der Waals surface area contributed by atoms with Crippen molar-refractivity contribution >= 4 is 23.3 Å². The van der Waals surface area contributed by atoms with E-state index in [-0.39, 0.29) is 0 Å². The maximum absolute atomic E-state index is 3.85. The van der Waals surface area contributed by atoms with Crippen LogP contribution in [0.3, 0.4) is 0 Å². The molecule has 4 rings (SSSR count). The minimum atomic E-state index is 0.508. The van der Waals surface area contributed by atoms with Gasteiger partial charge in [0.1, 0.15) is 0 Å². The van der Waals surface area contributed by atoms with Gasteiger partial charge in [-0.1, -0.05) is 72.8 Å². The zero-order valence-electron chi connectivity index (χ0n) is 13.2. The molecule has 112 valence electrons. The van der Waals surface area contributed by atoms with Crippen LogP contribution in [0.15, 0.2) is 73.3 Å². The van der Waals surface area contributed by atoms with Crippen LogP contribution in [0, 0.1) is 5.92 Å². The van der Waals surface area contributed by atoms with Crippen LogP contribution in [0.4, 0.5) is 0 Å². The summed E-state index contributed by atoms with van der Waals surface area (Å²) < 4.78 is 0. The van der Waals surface area contributed by atoms with E-state index in [1.165, 1.54) is 32.7 Å². The quantitative estimate of drug-likeness (QED) is 0.737. The zero-order chi connectivity index (χ0) is 15.6. The third-order valence-corrected chi connectivity index (χ3v) is 4.66. The third kappa shape index (κ3) is 2.73. The molecule has 0 spiro atoms. The van der Waals surface area contributed by atoms with Crippen molar-refractivity contribution in [2.75, 3.05) is 0 Å². The summed E-state index contributed by atoms with van der Waals surface area (Å²) in [6.45, 7) is 3.85. The van der Waals surface area contributed by atoms with Gasteiger partial charge < -0.3 is 0 Å². The summed E-state index contributed by atoms with van der Waals surface area (Å²) in [6.07, 6.45) is 13.4. The molecule has 0 saturated heterocycles. The summed E-state index contributed by atoms with van der Waals surface area (Å²) in [4.78, 5) is 0. The van der Waals surface area contributed by atoms with Gasteiger partial charge in [-0.25, -0.2) is 0 Å². The van der Waals surface area contributed by atoms with Crippen LogP contribution in [0.2, 0.25) is 0 Å². The molecule has 23 heavy (non-hydrogen) atoms. The molecule has 0 amide bonds. The van der Waals surface area contributed by atoms with Gasteiger partial charge in [0, 0.05) is 0 Å². The molecule has 1 unspecified atom stereocenters. The predicted molar refractivity (Wildman–Crippen MR) is 99.9 cm³/mol. The Morgan fingerprint density at radius 3 is 2.61 bits per heavy atom. The molecule has 0 fully saturated rings. The van der Waals surface area contributed by atoms with Crippen molar-refractivity contribution in [1.29, 1.82) is 0 Å². The molecule has 0 N–H and O–H groups in total. The molecule has 0 saturated carbocycles. The van der Waals surface area contributed by atoms with E-state index in [2.05, 4.69) is 79.4 Å². The number of hydrogen-bond donors (Lipinski definition) is 0. The van der Waals surface area contributed by atoms with E-state index < -0.39 is 0 Å². The van der Waals surface area contributed by atoms with E-state index in [1.54, 1.807) is 0 Å². The Morgan fingerprint density at radius 1 is 0.957 bits per heavy atom. The van der Waals surface area contributed by atoms with Gasteiger partial charge in [-0.2, -0.15) is 0 Å². The summed E-state index contributed by atoms with van der Waals surface area (Å²) in [5, 5.41) is 2.72. The first kappa shape index (κ1) is 14.0. The van der Waals surface area contributed by atoms with Gasteiger partial charge in [0.25, 0.3) is 0 Å². The minimum Gasteiger partial charge on any atom is -0.103 e. The second-order valence-corrected chi connectivity index (χ2v) is 6.26. The van der Waals surface area contributed by atoms with Crippen LogP contribution in [0.1, 0.15) is 24.0 Å². The Labute approximate surface area is 137 Å². The van der Waals surface area contributed by atoms with Crippen LogP contribution in [-0.2, 0) is 0 Å². The zero-order valence-corrected chi connectivity index (χ0v) is 13.2. The highest BCUT2D eigenvalue weighted by Crippen LogP contribution is 2.31. The predicted octanol–water partition coefficient (Wildman–Crippen LogP) is 4.32. The Bertz CT molecular complexity index is 924. The summed E-state index contributed by atoms with van der Waals surface area (Å²) in [6, 6.07) is 17.5. The minimum absolute atomic E-state index is 0.508. The topological polar surface area (TPSA) is 0 Å². The van der Waals surface area contributed by atoms with Crippen molar-refractivity contribution in [3.05, 3.63) is 94.9 Å². The smallest absolute Gasteiger partial charge is 0.0000661 e. The van der Waals surface area contributed by atoms with Gasteiger partial charge in [0.05, 0.1) is 0 Å². The molecule has 1 atom stereocenters. The fourth-order valence-corrected chi connectivity index (χ4v) is 3.47. The molecular formula is C23H20. The largest absolute Gasteiger partial charge is 0.103 e. The van der Waals surface area contributed by atoms with Crippen molar-refractivity contribution in [3.63, 3.8) is 0 Å². The van der Waals surface area contributed by atoms with Gasteiger partial charge in [-0.05, 0) is 57.5 Å². The second kappa shape index (κ2) is 5.89. The number of benzene rings is 2. The van der Waals surface area contributed by atoms with Crippen LogP contribution in [0.25, 0.3) is 23.3 Å². The average Bonchev–Trinajstić information content (AvgIpc) is 3.22. The maximum Gasteiger partial charge on any atom is -0.0000661 e. The summed E-state index contributed by atoms with van der Waals surface area (Å²) in [5.74, 6) is 0.508. The molecular weight excluding hydrogens is 276 g/mol. The Hall–Kier alpha value is -2.60. The highest BCUT2D eigenvalue weighted by molar-refractivity contribution is 5.89. The van der Waals surface area contributed by atoms with E-state index in [4.69, 9.17) is 0 Å². The SMILES string of the molecule is C=CCC1C=c2ccc(C3=CC(c4ccccc4)=CC3)cc2=C1. The Kier molecular flexibility index (Phi) is 3.59. The lowest BCUT2D eigenvalue weighted by molar-refractivity contribution is 0.936. The first-order valence-corrected chi connectivity index (χ1v) is 8.25. The molecule has 0 aromatic heterocycles.